The van der Waals surface area contributed by atoms with Crippen LogP contribution in [0.4, 0.5) is 13.2 Å². The Balaban J connectivity index is 0.00000450. The van der Waals surface area contributed by atoms with Gasteiger partial charge in [-0.1, -0.05) is 25.0 Å². The molecule has 1 aromatic carbocycles. The Labute approximate surface area is 192 Å². The molecule has 6 nitrogen and oxygen atoms in total. The van der Waals surface area contributed by atoms with Crippen molar-refractivity contribution in [1.82, 2.24) is 15.5 Å². The second-order valence-electron chi connectivity index (χ2n) is 7.52. The number of halogens is 4. The number of nitrogens with one attached hydrogen (secondary N) is 2. The van der Waals surface area contributed by atoms with Crippen LogP contribution >= 0.6 is 24.0 Å². The first-order valence-electron chi connectivity index (χ1n) is 9.60. The number of ether oxygens (including phenoxy) is 1. The van der Waals surface area contributed by atoms with E-state index >= 15 is 0 Å². The molecule has 2 N–H and O–H groups in total. The molecule has 0 saturated heterocycles. The molecule has 1 aliphatic rings. The fraction of sp³-hybridized carbons (Fsp3) is 0.600. The van der Waals surface area contributed by atoms with E-state index in [-0.39, 0.29) is 35.6 Å². The van der Waals surface area contributed by atoms with E-state index in [2.05, 4.69) is 15.6 Å². The first-order chi connectivity index (χ1) is 13.6. The van der Waals surface area contributed by atoms with Crippen LogP contribution in [-0.2, 0) is 11.3 Å². The van der Waals surface area contributed by atoms with Crippen LogP contribution in [0.1, 0.15) is 31.2 Å². The number of benzene rings is 1. The quantitative estimate of drug-likeness (QED) is 0.314. The molecule has 0 radical (unpaired) electrons. The lowest BCUT2D eigenvalue weighted by Gasteiger charge is -2.31. The van der Waals surface area contributed by atoms with Gasteiger partial charge in [0.25, 0.3) is 0 Å². The van der Waals surface area contributed by atoms with Crippen molar-refractivity contribution in [2.24, 2.45) is 10.4 Å². The van der Waals surface area contributed by atoms with Gasteiger partial charge in [0, 0.05) is 34.2 Å². The lowest BCUT2D eigenvalue weighted by molar-refractivity contribution is -0.153. The number of hydrogen-bond acceptors (Lipinski definition) is 3. The summed E-state index contributed by atoms with van der Waals surface area (Å²) < 4.78 is 41.7. The number of hydrogen-bond donors (Lipinski definition) is 2. The van der Waals surface area contributed by atoms with Crippen LogP contribution in [0.25, 0.3) is 0 Å². The summed E-state index contributed by atoms with van der Waals surface area (Å²) in [6, 6.07) is 6.47. The minimum Gasteiger partial charge on any atom is -0.484 e. The molecule has 0 heterocycles. The van der Waals surface area contributed by atoms with Crippen LogP contribution in [0.3, 0.4) is 0 Å². The number of nitrogens with zero attached hydrogens (tertiary/aromatic N) is 2. The Morgan fingerprint density at radius 3 is 2.47 bits per heavy atom. The summed E-state index contributed by atoms with van der Waals surface area (Å²) in [6.45, 7) is -0.481. The molecule has 1 amide bonds. The number of rotatable bonds is 7. The van der Waals surface area contributed by atoms with Gasteiger partial charge in [0.15, 0.2) is 12.6 Å². The Morgan fingerprint density at radius 2 is 1.90 bits per heavy atom. The second kappa shape index (κ2) is 11.6. The highest BCUT2D eigenvalue weighted by atomic mass is 127. The number of carbonyl (C=O) groups is 1. The van der Waals surface area contributed by atoms with Crippen molar-refractivity contribution in [2.75, 3.05) is 34.3 Å². The maximum atomic E-state index is 12.6. The van der Waals surface area contributed by atoms with E-state index in [9.17, 15) is 18.0 Å². The number of amides is 1. The molecule has 0 aliphatic heterocycles. The zero-order valence-corrected chi connectivity index (χ0v) is 19.8. The third-order valence-corrected chi connectivity index (χ3v) is 5.00. The molecule has 1 saturated carbocycles. The highest BCUT2D eigenvalue weighted by Crippen LogP contribution is 2.38. The summed E-state index contributed by atoms with van der Waals surface area (Å²) in [4.78, 5) is 18.5. The molecule has 0 bridgehead atoms. The zero-order valence-electron chi connectivity index (χ0n) is 17.5. The Bertz CT molecular complexity index is 720. The lowest BCUT2D eigenvalue weighted by atomic mass is 9.84. The first-order valence-corrected chi connectivity index (χ1v) is 9.60. The van der Waals surface area contributed by atoms with Crippen molar-refractivity contribution in [2.45, 2.75) is 38.4 Å². The van der Waals surface area contributed by atoms with Crippen LogP contribution in [0, 0.1) is 5.41 Å². The van der Waals surface area contributed by atoms with Gasteiger partial charge in [0.2, 0.25) is 5.91 Å². The molecule has 0 atom stereocenters. The third-order valence-electron chi connectivity index (χ3n) is 5.00. The molecule has 0 unspecified atom stereocenters. The van der Waals surface area contributed by atoms with Crippen molar-refractivity contribution < 1.29 is 22.7 Å². The molecule has 2 rings (SSSR count). The molecule has 0 aromatic heterocycles. The Morgan fingerprint density at radius 1 is 1.23 bits per heavy atom. The standard InChI is InChI=1S/C20H29F3N4O2.HI/c1-24-18(26-13-19(9-4-5-10-19)17(28)27(2)3)25-12-15-7-6-8-16(11-15)29-14-20(21,22)23;/h6-8,11H,4-5,9-10,12-14H2,1-3H3,(H2,24,25,26);1H. The molecule has 30 heavy (non-hydrogen) atoms. The summed E-state index contributed by atoms with van der Waals surface area (Å²) in [5.41, 5.74) is 0.333. The van der Waals surface area contributed by atoms with E-state index in [1.807, 2.05) is 0 Å². The van der Waals surface area contributed by atoms with Gasteiger partial charge in [0.1, 0.15) is 5.75 Å². The van der Waals surface area contributed by atoms with Crippen molar-refractivity contribution in [1.29, 1.82) is 0 Å². The Hall–Kier alpha value is -1.72. The SMILES string of the molecule is CN=C(NCc1cccc(OCC(F)(F)F)c1)NCC1(C(=O)N(C)C)CCCC1.I. The number of carbonyl (C=O) groups excluding carboxylic acids is 1. The molecule has 0 spiro atoms. The number of alkyl halides is 3. The zero-order chi connectivity index (χ0) is 21.5. The highest BCUT2D eigenvalue weighted by molar-refractivity contribution is 14.0. The highest BCUT2D eigenvalue weighted by Gasteiger charge is 2.42. The minimum atomic E-state index is -4.37. The molecule has 10 heteroatoms. The van der Waals surface area contributed by atoms with E-state index in [4.69, 9.17) is 4.74 Å². The topological polar surface area (TPSA) is 66.0 Å². The van der Waals surface area contributed by atoms with Gasteiger partial charge >= 0.3 is 6.18 Å². The Kier molecular flexibility index (Phi) is 10.2. The summed E-state index contributed by atoms with van der Waals surface area (Å²) in [5.74, 6) is 0.808. The van der Waals surface area contributed by atoms with Gasteiger partial charge in [-0.2, -0.15) is 13.2 Å². The molecule has 1 fully saturated rings. The molecule has 1 aromatic rings. The smallest absolute Gasteiger partial charge is 0.422 e. The van der Waals surface area contributed by atoms with E-state index in [0.29, 0.717) is 19.0 Å². The van der Waals surface area contributed by atoms with E-state index < -0.39 is 18.2 Å². The summed E-state index contributed by atoms with van der Waals surface area (Å²) >= 11 is 0. The van der Waals surface area contributed by atoms with Gasteiger partial charge in [0.05, 0.1) is 5.41 Å². The van der Waals surface area contributed by atoms with Gasteiger partial charge in [-0.3, -0.25) is 9.79 Å². The third kappa shape index (κ3) is 7.84. The predicted octanol–water partition coefficient (Wildman–Crippen LogP) is 3.56. The largest absolute Gasteiger partial charge is 0.484 e. The monoisotopic (exact) mass is 542 g/mol. The molecular formula is C20H30F3IN4O2. The van der Waals surface area contributed by atoms with Crippen LogP contribution < -0.4 is 15.4 Å². The van der Waals surface area contributed by atoms with Crippen LogP contribution in [0.5, 0.6) is 5.75 Å². The maximum Gasteiger partial charge on any atom is 0.422 e. The van der Waals surface area contributed by atoms with E-state index in [1.54, 1.807) is 44.2 Å². The van der Waals surface area contributed by atoms with Crippen LogP contribution in [0.15, 0.2) is 29.3 Å². The van der Waals surface area contributed by atoms with Crippen LogP contribution in [-0.4, -0.2) is 57.2 Å². The molecule has 1 aliphatic carbocycles. The van der Waals surface area contributed by atoms with Crippen molar-refractivity contribution in [3.8, 4) is 5.75 Å². The fourth-order valence-electron chi connectivity index (χ4n) is 3.56. The van der Waals surface area contributed by atoms with Gasteiger partial charge in [-0.05, 0) is 30.5 Å². The molecule has 170 valence electrons. The summed E-state index contributed by atoms with van der Waals surface area (Å²) in [7, 11) is 5.17. The predicted molar refractivity (Wildman–Crippen MR) is 121 cm³/mol. The van der Waals surface area contributed by atoms with Crippen molar-refractivity contribution >= 4 is 35.8 Å². The normalized spacial score (nSPS) is 15.9. The fourth-order valence-corrected chi connectivity index (χ4v) is 3.56. The summed E-state index contributed by atoms with van der Waals surface area (Å²) in [5, 5.41) is 6.36. The number of guanidine groups is 1. The van der Waals surface area contributed by atoms with E-state index in [1.165, 1.54) is 6.07 Å². The number of aliphatic imine (C=N–C) groups is 1. The lowest BCUT2D eigenvalue weighted by Crippen LogP contribution is -2.49. The van der Waals surface area contributed by atoms with Crippen molar-refractivity contribution in [3.63, 3.8) is 0 Å². The average molecular weight is 542 g/mol. The van der Waals surface area contributed by atoms with Crippen molar-refractivity contribution in [3.05, 3.63) is 29.8 Å². The van der Waals surface area contributed by atoms with Gasteiger partial charge in [-0.25, -0.2) is 0 Å². The summed E-state index contributed by atoms with van der Waals surface area (Å²) in [6.07, 6.45) is -0.643. The maximum absolute atomic E-state index is 12.6. The minimum absolute atomic E-state index is 0. The van der Waals surface area contributed by atoms with Crippen LogP contribution in [0.2, 0.25) is 0 Å². The van der Waals surface area contributed by atoms with Gasteiger partial charge in [-0.15, -0.1) is 24.0 Å². The van der Waals surface area contributed by atoms with E-state index in [0.717, 1.165) is 31.2 Å². The molecular weight excluding hydrogens is 512 g/mol. The first kappa shape index (κ1) is 26.3. The average Bonchev–Trinajstić information content (AvgIpc) is 3.15. The van der Waals surface area contributed by atoms with Gasteiger partial charge < -0.3 is 20.3 Å². The second-order valence-corrected chi connectivity index (χ2v) is 7.52.